The third-order valence-electron chi connectivity index (χ3n) is 5.85. The fourth-order valence-electron chi connectivity index (χ4n) is 3.81. The van der Waals surface area contributed by atoms with Crippen molar-refractivity contribution in [3.8, 4) is 16.9 Å². The summed E-state index contributed by atoms with van der Waals surface area (Å²) in [6.07, 6.45) is 3.09. The molecule has 0 spiro atoms. The molecule has 0 saturated carbocycles. The minimum atomic E-state index is -0.490. The average Bonchev–Trinajstić information content (AvgIpc) is 2.92. The number of amides is 2. The van der Waals surface area contributed by atoms with Crippen molar-refractivity contribution in [2.75, 3.05) is 13.1 Å². The normalized spacial score (nSPS) is 10.5. The SMILES string of the molecule is CCCCN(CCCC)C(=O)Oc1ccccc1-c1ccccc1CNC(=O)OCc1ccccc1. The van der Waals surface area contributed by atoms with Crippen LogP contribution >= 0.6 is 0 Å². The Balaban J connectivity index is 1.70. The smallest absolute Gasteiger partial charge is 0.415 e. The van der Waals surface area contributed by atoms with E-state index in [1.165, 1.54) is 0 Å². The molecule has 0 aliphatic rings. The number of rotatable bonds is 12. The average molecular weight is 489 g/mol. The van der Waals surface area contributed by atoms with Gasteiger partial charge in [-0.15, -0.1) is 0 Å². The van der Waals surface area contributed by atoms with Crippen LogP contribution in [0, 0.1) is 0 Å². The third-order valence-corrected chi connectivity index (χ3v) is 5.85. The Hall–Kier alpha value is -3.80. The summed E-state index contributed by atoms with van der Waals surface area (Å²) < 4.78 is 11.2. The molecule has 1 N–H and O–H groups in total. The molecule has 6 heteroatoms. The molecule has 0 aliphatic carbocycles. The second-order valence-corrected chi connectivity index (χ2v) is 8.63. The lowest BCUT2D eigenvalue weighted by Gasteiger charge is -2.22. The summed E-state index contributed by atoms with van der Waals surface area (Å²) in [6.45, 7) is 6.08. The topological polar surface area (TPSA) is 67.9 Å². The number of carbonyl (C=O) groups excluding carboxylic acids is 2. The van der Waals surface area contributed by atoms with Crippen LogP contribution in [-0.2, 0) is 17.9 Å². The minimum Gasteiger partial charge on any atom is -0.445 e. The first-order chi connectivity index (χ1) is 17.6. The van der Waals surface area contributed by atoms with Crippen LogP contribution in [0.2, 0.25) is 0 Å². The van der Waals surface area contributed by atoms with Crippen molar-refractivity contribution in [3.05, 3.63) is 90.0 Å². The van der Waals surface area contributed by atoms with Gasteiger partial charge in [-0.1, -0.05) is 99.5 Å². The first-order valence-corrected chi connectivity index (χ1v) is 12.7. The molecule has 0 aliphatic heterocycles. The maximum atomic E-state index is 13.0. The van der Waals surface area contributed by atoms with Crippen molar-refractivity contribution < 1.29 is 19.1 Å². The highest BCUT2D eigenvalue weighted by Gasteiger charge is 2.18. The molecule has 190 valence electrons. The molecule has 0 bridgehead atoms. The summed E-state index contributed by atoms with van der Waals surface area (Å²) in [5, 5.41) is 2.83. The predicted molar refractivity (Wildman–Crippen MR) is 143 cm³/mol. The fraction of sp³-hybridized carbons (Fsp3) is 0.333. The highest BCUT2D eigenvalue weighted by atomic mass is 16.6. The maximum Gasteiger partial charge on any atom is 0.415 e. The van der Waals surface area contributed by atoms with Gasteiger partial charge in [0, 0.05) is 25.2 Å². The number of hydrogen-bond acceptors (Lipinski definition) is 4. The van der Waals surface area contributed by atoms with Crippen molar-refractivity contribution in [1.82, 2.24) is 10.2 Å². The monoisotopic (exact) mass is 488 g/mol. The van der Waals surface area contributed by atoms with E-state index in [4.69, 9.17) is 9.47 Å². The Labute approximate surface area is 214 Å². The van der Waals surface area contributed by atoms with E-state index in [0.29, 0.717) is 18.8 Å². The standard InChI is InChI=1S/C30H36N2O4/c1-3-5-20-32(21-6-4-2)30(34)36-28-19-13-12-18-27(28)26-17-11-10-16-25(26)22-31-29(33)35-23-24-14-8-7-9-15-24/h7-19H,3-6,20-23H2,1-2H3,(H,31,33). The van der Waals surface area contributed by atoms with Crippen LogP contribution in [0.25, 0.3) is 11.1 Å². The number of benzene rings is 3. The van der Waals surface area contributed by atoms with E-state index in [0.717, 1.165) is 47.9 Å². The minimum absolute atomic E-state index is 0.208. The van der Waals surface area contributed by atoms with E-state index in [9.17, 15) is 9.59 Å². The molecule has 0 heterocycles. The zero-order chi connectivity index (χ0) is 25.6. The van der Waals surface area contributed by atoms with Gasteiger partial charge in [-0.2, -0.15) is 0 Å². The number of unbranched alkanes of at least 4 members (excludes halogenated alkanes) is 2. The van der Waals surface area contributed by atoms with E-state index in [2.05, 4.69) is 19.2 Å². The Kier molecular flexibility index (Phi) is 10.8. The Morgan fingerprint density at radius 3 is 2.08 bits per heavy atom. The molecule has 0 aromatic heterocycles. The lowest BCUT2D eigenvalue weighted by atomic mass is 9.99. The molecule has 2 amide bonds. The summed E-state index contributed by atoms with van der Waals surface area (Å²) in [7, 11) is 0. The lowest BCUT2D eigenvalue weighted by Crippen LogP contribution is -2.35. The molecule has 0 unspecified atom stereocenters. The Morgan fingerprint density at radius 1 is 0.778 bits per heavy atom. The second kappa shape index (κ2) is 14.6. The number of alkyl carbamates (subject to hydrolysis) is 1. The second-order valence-electron chi connectivity index (χ2n) is 8.63. The lowest BCUT2D eigenvalue weighted by molar-refractivity contribution is 0.139. The molecular formula is C30H36N2O4. The predicted octanol–water partition coefficient (Wildman–Crippen LogP) is 7.18. The van der Waals surface area contributed by atoms with Crippen molar-refractivity contribution in [3.63, 3.8) is 0 Å². The Morgan fingerprint density at radius 2 is 1.39 bits per heavy atom. The van der Waals surface area contributed by atoms with E-state index < -0.39 is 6.09 Å². The van der Waals surface area contributed by atoms with Crippen LogP contribution in [0.1, 0.15) is 50.7 Å². The zero-order valence-electron chi connectivity index (χ0n) is 21.2. The molecule has 3 rings (SSSR count). The summed E-state index contributed by atoms with van der Waals surface area (Å²) in [4.78, 5) is 27.1. The van der Waals surface area contributed by atoms with Crippen LogP contribution in [0.15, 0.2) is 78.9 Å². The molecule has 6 nitrogen and oxygen atoms in total. The molecular weight excluding hydrogens is 452 g/mol. The molecule has 0 saturated heterocycles. The molecule has 0 radical (unpaired) electrons. The van der Waals surface area contributed by atoms with Crippen LogP contribution in [0.4, 0.5) is 9.59 Å². The van der Waals surface area contributed by atoms with Crippen molar-refractivity contribution >= 4 is 12.2 Å². The molecule has 0 fully saturated rings. The number of hydrogen-bond donors (Lipinski definition) is 1. The van der Waals surface area contributed by atoms with E-state index in [1.54, 1.807) is 4.90 Å². The van der Waals surface area contributed by atoms with Gasteiger partial charge < -0.3 is 19.7 Å². The summed E-state index contributed by atoms with van der Waals surface area (Å²) >= 11 is 0. The summed E-state index contributed by atoms with van der Waals surface area (Å²) in [5.41, 5.74) is 3.51. The molecule has 3 aromatic carbocycles. The quantitative estimate of drug-likeness (QED) is 0.293. The molecule has 3 aromatic rings. The number of nitrogens with one attached hydrogen (secondary N) is 1. The van der Waals surface area contributed by atoms with Gasteiger partial charge in [-0.25, -0.2) is 9.59 Å². The number of nitrogens with zero attached hydrogens (tertiary/aromatic N) is 1. The molecule has 36 heavy (non-hydrogen) atoms. The van der Waals surface area contributed by atoms with Crippen molar-refractivity contribution in [2.24, 2.45) is 0 Å². The van der Waals surface area contributed by atoms with Crippen molar-refractivity contribution in [2.45, 2.75) is 52.7 Å². The largest absolute Gasteiger partial charge is 0.445 e. The number of ether oxygens (including phenoxy) is 2. The van der Waals surface area contributed by atoms with Crippen LogP contribution in [0.3, 0.4) is 0 Å². The van der Waals surface area contributed by atoms with Gasteiger partial charge in [0.1, 0.15) is 12.4 Å². The number of carbonyl (C=O) groups is 2. The number of para-hydroxylation sites is 1. The van der Waals surface area contributed by atoms with E-state index in [1.807, 2.05) is 78.9 Å². The highest BCUT2D eigenvalue weighted by Crippen LogP contribution is 2.32. The first-order valence-electron chi connectivity index (χ1n) is 12.7. The molecule has 0 atom stereocenters. The summed E-state index contributed by atoms with van der Waals surface area (Å²) in [5.74, 6) is 0.500. The van der Waals surface area contributed by atoms with Gasteiger partial charge in [0.25, 0.3) is 0 Å². The van der Waals surface area contributed by atoms with Crippen LogP contribution in [0.5, 0.6) is 5.75 Å². The fourth-order valence-corrected chi connectivity index (χ4v) is 3.81. The van der Waals surface area contributed by atoms with E-state index >= 15 is 0 Å². The van der Waals surface area contributed by atoms with Gasteiger partial charge in [0.15, 0.2) is 0 Å². The van der Waals surface area contributed by atoms with Gasteiger partial charge >= 0.3 is 12.2 Å². The Bertz CT molecular complexity index is 1090. The highest BCUT2D eigenvalue weighted by molar-refractivity contribution is 5.79. The van der Waals surface area contributed by atoms with Crippen LogP contribution < -0.4 is 10.1 Å². The maximum absolute atomic E-state index is 13.0. The zero-order valence-corrected chi connectivity index (χ0v) is 21.2. The van der Waals surface area contributed by atoms with Gasteiger partial charge in [0.05, 0.1) is 0 Å². The van der Waals surface area contributed by atoms with E-state index in [-0.39, 0.29) is 19.2 Å². The van der Waals surface area contributed by atoms with Crippen LogP contribution in [-0.4, -0.2) is 30.2 Å². The van der Waals surface area contributed by atoms with Gasteiger partial charge in [-0.3, -0.25) is 0 Å². The summed E-state index contributed by atoms with van der Waals surface area (Å²) in [6, 6.07) is 24.8. The van der Waals surface area contributed by atoms with Crippen molar-refractivity contribution in [1.29, 1.82) is 0 Å². The third kappa shape index (κ3) is 8.15. The first kappa shape index (κ1) is 26.8. The van der Waals surface area contributed by atoms with Gasteiger partial charge in [0.2, 0.25) is 0 Å². The van der Waals surface area contributed by atoms with Gasteiger partial charge in [-0.05, 0) is 35.6 Å².